The summed E-state index contributed by atoms with van der Waals surface area (Å²) < 4.78 is 0. The molecular weight excluding hydrogens is 250 g/mol. The molecule has 3 heteroatoms. The quantitative estimate of drug-likeness (QED) is 0.835. The first-order valence-corrected chi connectivity index (χ1v) is 7.24. The summed E-state index contributed by atoms with van der Waals surface area (Å²) in [6.07, 6.45) is 2.91. The van der Waals surface area contributed by atoms with Crippen molar-refractivity contribution in [2.24, 2.45) is 5.92 Å². The fraction of sp³-hybridized carbons (Fsp3) is 0.471. The van der Waals surface area contributed by atoms with Crippen LogP contribution < -0.4 is 0 Å². The second-order valence-electron chi connectivity index (χ2n) is 5.11. The Morgan fingerprint density at radius 2 is 2.15 bits per heavy atom. The van der Waals surface area contributed by atoms with Crippen LogP contribution in [-0.4, -0.2) is 35.6 Å². The SMILES string of the molecule is CCN(CC1CC1)C(=O)c1ccccc1C#CCCO. The molecule has 1 fully saturated rings. The van der Waals surface area contributed by atoms with Crippen LogP contribution in [-0.2, 0) is 0 Å². The molecule has 3 nitrogen and oxygen atoms in total. The van der Waals surface area contributed by atoms with Crippen LogP contribution in [0.25, 0.3) is 0 Å². The lowest BCUT2D eigenvalue weighted by Gasteiger charge is -2.21. The summed E-state index contributed by atoms with van der Waals surface area (Å²) in [6.45, 7) is 3.65. The van der Waals surface area contributed by atoms with Gasteiger partial charge in [0.2, 0.25) is 0 Å². The third-order valence-electron chi connectivity index (χ3n) is 3.46. The van der Waals surface area contributed by atoms with Crippen molar-refractivity contribution < 1.29 is 9.90 Å². The predicted octanol–water partition coefficient (Wildman–Crippen LogP) is 2.29. The number of carbonyl (C=O) groups is 1. The maximum atomic E-state index is 12.6. The fourth-order valence-corrected chi connectivity index (χ4v) is 2.13. The molecule has 0 radical (unpaired) electrons. The Morgan fingerprint density at radius 3 is 2.80 bits per heavy atom. The van der Waals surface area contributed by atoms with E-state index in [4.69, 9.17) is 5.11 Å². The molecule has 0 saturated heterocycles. The van der Waals surface area contributed by atoms with Crippen molar-refractivity contribution >= 4 is 5.91 Å². The molecule has 0 aliphatic heterocycles. The molecule has 1 aliphatic rings. The highest BCUT2D eigenvalue weighted by Crippen LogP contribution is 2.30. The van der Waals surface area contributed by atoms with Gasteiger partial charge in [-0.05, 0) is 37.8 Å². The first kappa shape index (κ1) is 14.6. The fourth-order valence-electron chi connectivity index (χ4n) is 2.13. The highest BCUT2D eigenvalue weighted by atomic mass is 16.2. The van der Waals surface area contributed by atoms with E-state index >= 15 is 0 Å². The molecule has 106 valence electrons. The van der Waals surface area contributed by atoms with Crippen molar-refractivity contribution in [3.8, 4) is 11.8 Å². The topological polar surface area (TPSA) is 40.5 Å². The molecule has 1 saturated carbocycles. The van der Waals surface area contributed by atoms with E-state index in [1.54, 1.807) is 0 Å². The molecule has 0 bridgehead atoms. The van der Waals surface area contributed by atoms with Crippen LogP contribution in [0.5, 0.6) is 0 Å². The minimum atomic E-state index is 0.0475. The summed E-state index contributed by atoms with van der Waals surface area (Å²) in [7, 11) is 0. The lowest BCUT2D eigenvalue weighted by atomic mass is 10.1. The van der Waals surface area contributed by atoms with Gasteiger partial charge in [-0.1, -0.05) is 24.0 Å². The molecule has 1 amide bonds. The Hall–Kier alpha value is -1.79. The van der Waals surface area contributed by atoms with Crippen LogP contribution in [0.2, 0.25) is 0 Å². The van der Waals surface area contributed by atoms with E-state index < -0.39 is 0 Å². The summed E-state index contributed by atoms with van der Waals surface area (Å²) >= 11 is 0. The van der Waals surface area contributed by atoms with Crippen LogP contribution >= 0.6 is 0 Å². The molecule has 2 rings (SSSR count). The first-order valence-electron chi connectivity index (χ1n) is 7.24. The average Bonchev–Trinajstić information content (AvgIpc) is 3.29. The first-order chi connectivity index (χ1) is 9.76. The summed E-state index contributed by atoms with van der Waals surface area (Å²) in [5.74, 6) is 6.62. The van der Waals surface area contributed by atoms with Crippen LogP contribution in [0.3, 0.4) is 0 Å². The van der Waals surface area contributed by atoms with E-state index in [1.807, 2.05) is 36.1 Å². The summed E-state index contributed by atoms with van der Waals surface area (Å²) in [6, 6.07) is 7.45. The smallest absolute Gasteiger partial charge is 0.255 e. The summed E-state index contributed by atoms with van der Waals surface area (Å²) in [5.41, 5.74) is 1.42. The van der Waals surface area contributed by atoms with E-state index in [0.29, 0.717) is 17.9 Å². The van der Waals surface area contributed by atoms with Gasteiger partial charge in [0.05, 0.1) is 12.2 Å². The molecule has 1 N–H and O–H groups in total. The van der Waals surface area contributed by atoms with Crippen molar-refractivity contribution in [2.45, 2.75) is 26.2 Å². The zero-order chi connectivity index (χ0) is 14.4. The van der Waals surface area contributed by atoms with Crippen molar-refractivity contribution in [1.29, 1.82) is 0 Å². The van der Waals surface area contributed by atoms with Crippen molar-refractivity contribution in [2.75, 3.05) is 19.7 Å². The number of aliphatic hydroxyl groups is 1. The van der Waals surface area contributed by atoms with Crippen molar-refractivity contribution in [3.05, 3.63) is 35.4 Å². The van der Waals surface area contributed by atoms with Gasteiger partial charge in [0.1, 0.15) is 0 Å². The van der Waals surface area contributed by atoms with Gasteiger partial charge in [-0.3, -0.25) is 4.79 Å². The van der Waals surface area contributed by atoms with Crippen LogP contribution in [0.1, 0.15) is 42.1 Å². The zero-order valence-electron chi connectivity index (χ0n) is 11.9. The average molecular weight is 271 g/mol. The largest absolute Gasteiger partial charge is 0.395 e. The van der Waals surface area contributed by atoms with Gasteiger partial charge in [0, 0.05) is 25.1 Å². The number of carbonyl (C=O) groups excluding carboxylic acids is 1. The van der Waals surface area contributed by atoms with Gasteiger partial charge >= 0.3 is 0 Å². The number of nitrogens with zero attached hydrogens (tertiary/aromatic N) is 1. The van der Waals surface area contributed by atoms with Crippen molar-refractivity contribution in [1.82, 2.24) is 4.90 Å². The lowest BCUT2D eigenvalue weighted by molar-refractivity contribution is 0.0756. The highest BCUT2D eigenvalue weighted by Gasteiger charge is 2.27. The molecule has 0 unspecified atom stereocenters. The van der Waals surface area contributed by atoms with Crippen LogP contribution in [0.15, 0.2) is 24.3 Å². The standard InChI is InChI=1S/C17H21NO2/c1-2-18(13-14-10-11-14)17(20)16-9-4-3-7-15(16)8-5-6-12-19/h3-4,7,9,14,19H,2,6,10-13H2,1H3. The molecular formula is C17H21NO2. The van der Waals surface area contributed by atoms with Gasteiger partial charge in [0.25, 0.3) is 5.91 Å². The minimum Gasteiger partial charge on any atom is -0.395 e. The second kappa shape index (κ2) is 7.12. The van der Waals surface area contributed by atoms with Crippen LogP contribution in [0.4, 0.5) is 0 Å². The normalized spacial score (nSPS) is 13.5. The monoisotopic (exact) mass is 271 g/mol. The van der Waals surface area contributed by atoms with Gasteiger partial charge < -0.3 is 10.0 Å². The third kappa shape index (κ3) is 3.85. The predicted molar refractivity (Wildman–Crippen MR) is 79.3 cm³/mol. The number of hydrogen-bond acceptors (Lipinski definition) is 2. The summed E-state index contributed by atoms with van der Waals surface area (Å²) in [5, 5.41) is 8.78. The maximum Gasteiger partial charge on any atom is 0.255 e. The van der Waals surface area contributed by atoms with Crippen molar-refractivity contribution in [3.63, 3.8) is 0 Å². The van der Waals surface area contributed by atoms with E-state index in [0.717, 1.165) is 18.7 Å². The number of benzene rings is 1. The van der Waals surface area contributed by atoms with Gasteiger partial charge in [-0.15, -0.1) is 0 Å². The molecule has 0 heterocycles. The molecule has 1 aromatic rings. The van der Waals surface area contributed by atoms with Gasteiger partial charge in [0.15, 0.2) is 0 Å². The molecule has 0 atom stereocenters. The molecule has 20 heavy (non-hydrogen) atoms. The number of aliphatic hydroxyl groups excluding tert-OH is 1. The van der Waals surface area contributed by atoms with E-state index in [9.17, 15) is 4.79 Å². The number of rotatable bonds is 5. The molecule has 0 aromatic heterocycles. The third-order valence-corrected chi connectivity index (χ3v) is 3.46. The molecule has 0 spiro atoms. The highest BCUT2D eigenvalue weighted by molar-refractivity contribution is 5.96. The lowest BCUT2D eigenvalue weighted by Crippen LogP contribution is -2.33. The van der Waals surface area contributed by atoms with E-state index in [1.165, 1.54) is 12.8 Å². The van der Waals surface area contributed by atoms with E-state index in [2.05, 4.69) is 11.8 Å². The summed E-state index contributed by atoms with van der Waals surface area (Å²) in [4.78, 5) is 14.5. The van der Waals surface area contributed by atoms with E-state index in [-0.39, 0.29) is 12.5 Å². The number of hydrogen-bond donors (Lipinski definition) is 1. The molecule has 1 aromatic carbocycles. The van der Waals surface area contributed by atoms with Crippen LogP contribution in [0, 0.1) is 17.8 Å². The maximum absolute atomic E-state index is 12.6. The Labute approximate surface area is 120 Å². The Morgan fingerprint density at radius 1 is 1.40 bits per heavy atom. The minimum absolute atomic E-state index is 0.0475. The van der Waals surface area contributed by atoms with Gasteiger partial charge in [-0.25, -0.2) is 0 Å². The molecule has 1 aliphatic carbocycles. The zero-order valence-corrected chi connectivity index (χ0v) is 11.9. The van der Waals surface area contributed by atoms with Gasteiger partial charge in [-0.2, -0.15) is 0 Å². The Kier molecular flexibility index (Phi) is 5.20. The number of amides is 1. The second-order valence-corrected chi connectivity index (χ2v) is 5.11. The Balaban J connectivity index is 2.17. The Bertz CT molecular complexity index is 523.